The highest BCUT2D eigenvalue weighted by Crippen LogP contribution is 2.37. The van der Waals surface area contributed by atoms with Crippen molar-refractivity contribution in [1.29, 1.82) is 0 Å². The molecule has 1 atom stereocenters. The van der Waals surface area contributed by atoms with Gasteiger partial charge in [0.15, 0.2) is 0 Å². The highest BCUT2D eigenvalue weighted by Gasteiger charge is 2.38. The number of hydrogen-bond acceptors (Lipinski definition) is 5. The largest absolute Gasteiger partial charge is 0.491 e. The van der Waals surface area contributed by atoms with Gasteiger partial charge in [-0.05, 0) is 63.9 Å². The van der Waals surface area contributed by atoms with Crippen molar-refractivity contribution in [2.45, 2.75) is 56.8 Å². The molecule has 0 spiro atoms. The van der Waals surface area contributed by atoms with Gasteiger partial charge < -0.3 is 9.47 Å². The summed E-state index contributed by atoms with van der Waals surface area (Å²) in [5, 5.41) is 0. The zero-order valence-electron chi connectivity index (χ0n) is 18.0. The summed E-state index contributed by atoms with van der Waals surface area (Å²) >= 11 is 0. The van der Waals surface area contributed by atoms with Crippen LogP contribution in [-0.4, -0.2) is 44.1 Å². The highest BCUT2D eigenvalue weighted by atomic mass is 32.2. The molecule has 1 amide bonds. The molecule has 1 fully saturated rings. The predicted molar refractivity (Wildman–Crippen MR) is 118 cm³/mol. The average Bonchev–Trinajstić information content (AvgIpc) is 2.74. The van der Waals surface area contributed by atoms with Crippen LogP contribution >= 0.6 is 0 Å². The molecule has 2 aromatic rings. The minimum Gasteiger partial charge on any atom is -0.491 e. The fourth-order valence-corrected chi connectivity index (χ4v) is 5.69. The number of benzene rings is 2. The van der Waals surface area contributed by atoms with Gasteiger partial charge in [0.25, 0.3) is 0 Å². The Morgan fingerprint density at radius 1 is 1.03 bits per heavy atom. The molecule has 0 aromatic heterocycles. The van der Waals surface area contributed by atoms with Crippen LogP contribution in [0.25, 0.3) is 0 Å². The van der Waals surface area contributed by atoms with Crippen molar-refractivity contribution in [2.24, 2.45) is 0 Å². The lowest BCUT2D eigenvalue weighted by molar-refractivity contribution is 0.103. The van der Waals surface area contributed by atoms with Crippen molar-refractivity contribution in [1.82, 2.24) is 4.31 Å². The molecule has 0 radical (unpaired) electrons. The maximum absolute atomic E-state index is 13.1. The summed E-state index contributed by atoms with van der Waals surface area (Å²) < 4.78 is 38.8. The second-order valence-electron chi connectivity index (χ2n) is 8.23. The summed E-state index contributed by atoms with van der Waals surface area (Å²) in [7, 11) is -3.60. The number of cyclic esters (lactones) is 1. The van der Waals surface area contributed by atoms with Crippen LogP contribution in [-0.2, 0) is 14.8 Å². The van der Waals surface area contributed by atoms with Gasteiger partial charge in [-0.25, -0.2) is 13.2 Å². The number of ether oxygens (including phenoxy) is 2. The normalized spacial score (nSPS) is 20.5. The maximum atomic E-state index is 13.1. The fraction of sp³-hybridized carbons (Fsp3) is 0.435. The van der Waals surface area contributed by atoms with Gasteiger partial charge in [-0.3, -0.25) is 4.90 Å². The summed E-state index contributed by atoms with van der Waals surface area (Å²) in [6.45, 7) is 6.40. The molecule has 2 heterocycles. The van der Waals surface area contributed by atoms with Crippen molar-refractivity contribution in [3.05, 3.63) is 54.1 Å². The van der Waals surface area contributed by atoms with Crippen molar-refractivity contribution in [3.8, 4) is 5.75 Å². The van der Waals surface area contributed by atoms with Crippen LogP contribution < -0.4 is 9.64 Å². The van der Waals surface area contributed by atoms with Gasteiger partial charge in [-0.15, -0.1) is 0 Å². The molecule has 0 aliphatic carbocycles. The third-order valence-corrected chi connectivity index (χ3v) is 7.64. The lowest BCUT2D eigenvalue weighted by Crippen LogP contribution is -2.50. The van der Waals surface area contributed by atoms with Crippen LogP contribution in [0.1, 0.15) is 45.3 Å². The lowest BCUT2D eigenvalue weighted by atomic mass is 10.00. The molecule has 0 saturated carbocycles. The van der Waals surface area contributed by atoms with Gasteiger partial charge in [0.1, 0.15) is 11.9 Å². The molecule has 2 aliphatic heterocycles. The molecule has 7 nitrogen and oxygen atoms in total. The van der Waals surface area contributed by atoms with Crippen molar-refractivity contribution >= 4 is 21.8 Å². The van der Waals surface area contributed by atoms with Crippen molar-refractivity contribution < 1.29 is 22.7 Å². The number of anilines is 1. The number of sulfonamides is 1. The topological polar surface area (TPSA) is 76.2 Å². The van der Waals surface area contributed by atoms with Gasteiger partial charge in [0, 0.05) is 24.7 Å². The molecule has 4 rings (SSSR count). The van der Waals surface area contributed by atoms with E-state index in [1.54, 1.807) is 29.2 Å². The third kappa shape index (κ3) is 4.27. The molecular weight excluding hydrogens is 416 g/mol. The zero-order valence-corrected chi connectivity index (χ0v) is 18.8. The first-order valence-electron chi connectivity index (χ1n) is 10.6. The van der Waals surface area contributed by atoms with E-state index in [1.807, 2.05) is 45.0 Å². The van der Waals surface area contributed by atoms with E-state index in [0.717, 1.165) is 11.3 Å². The Kier molecular flexibility index (Phi) is 5.94. The Hall–Kier alpha value is -2.58. The highest BCUT2D eigenvalue weighted by molar-refractivity contribution is 7.89. The first kappa shape index (κ1) is 21.6. The fourth-order valence-electron chi connectivity index (χ4n) is 4.22. The van der Waals surface area contributed by atoms with Crippen LogP contribution in [0.4, 0.5) is 10.5 Å². The second kappa shape index (κ2) is 8.51. The molecule has 1 unspecified atom stereocenters. The number of hydrogen-bond donors (Lipinski definition) is 0. The number of nitrogens with zero attached hydrogens (tertiary/aromatic N) is 2. The summed E-state index contributed by atoms with van der Waals surface area (Å²) in [6, 6.07) is 14.2. The Morgan fingerprint density at radius 3 is 2.32 bits per heavy atom. The van der Waals surface area contributed by atoms with E-state index in [1.165, 1.54) is 4.31 Å². The minimum absolute atomic E-state index is 0.0241. The quantitative estimate of drug-likeness (QED) is 0.686. The molecule has 8 heteroatoms. The van der Waals surface area contributed by atoms with Crippen molar-refractivity contribution in [3.63, 3.8) is 0 Å². The Balaban J connectivity index is 1.47. The summed E-state index contributed by atoms with van der Waals surface area (Å²) in [6.07, 6.45) is 0.462. The van der Waals surface area contributed by atoms with Crippen molar-refractivity contribution in [2.75, 3.05) is 18.0 Å². The Morgan fingerprint density at radius 2 is 1.68 bits per heavy atom. The van der Waals surface area contributed by atoms with Crippen LogP contribution in [0.5, 0.6) is 5.75 Å². The lowest BCUT2D eigenvalue weighted by Gasteiger charge is -2.41. The van der Waals surface area contributed by atoms with E-state index in [-0.39, 0.29) is 29.2 Å². The first-order valence-corrected chi connectivity index (χ1v) is 12.1. The number of rotatable bonds is 5. The molecular formula is C23H28N2O5S. The van der Waals surface area contributed by atoms with Gasteiger partial charge in [-0.2, -0.15) is 4.31 Å². The number of carbonyl (C=O) groups excluding carboxylic acids is 1. The van der Waals surface area contributed by atoms with Gasteiger partial charge >= 0.3 is 6.09 Å². The van der Waals surface area contributed by atoms with Crippen LogP contribution in [0, 0.1) is 0 Å². The minimum atomic E-state index is -3.60. The summed E-state index contributed by atoms with van der Waals surface area (Å²) in [4.78, 5) is 14.6. The SMILES string of the molecule is CC(C)Oc1ccc(S(=O)(=O)N2CCC(N3C(=O)OC(C)c4ccccc43)CC2)cc1. The standard InChI is InChI=1S/C23H28N2O5S/c1-16(2)29-19-8-10-20(11-9-19)31(27,28)24-14-12-18(13-15-24)25-22-7-5-4-6-21(22)17(3)30-23(25)26/h4-11,16-18H,12-15H2,1-3H3. The number of carbonyl (C=O) groups is 1. The molecule has 0 N–H and O–H groups in total. The van der Waals surface area contributed by atoms with E-state index in [9.17, 15) is 13.2 Å². The average molecular weight is 445 g/mol. The molecule has 31 heavy (non-hydrogen) atoms. The number of amides is 1. The van der Waals surface area contributed by atoms with E-state index in [2.05, 4.69) is 0 Å². The van der Waals surface area contributed by atoms with Crippen LogP contribution in [0.15, 0.2) is 53.4 Å². The van der Waals surface area contributed by atoms with E-state index < -0.39 is 10.0 Å². The zero-order chi connectivity index (χ0) is 22.2. The number of fused-ring (bicyclic) bond motifs is 1. The van der Waals surface area contributed by atoms with Gasteiger partial charge in [0.05, 0.1) is 16.7 Å². The molecule has 2 aliphatic rings. The van der Waals surface area contributed by atoms with Gasteiger partial charge in [-0.1, -0.05) is 18.2 Å². The Labute approximate surface area is 183 Å². The van der Waals surface area contributed by atoms with E-state index in [0.29, 0.717) is 31.7 Å². The number of para-hydroxylation sites is 1. The third-order valence-electron chi connectivity index (χ3n) is 5.73. The Bertz CT molecular complexity index is 1040. The smallest absolute Gasteiger partial charge is 0.415 e. The predicted octanol–water partition coefficient (Wildman–Crippen LogP) is 4.34. The van der Waals surface area contributed by atoms with Gasteiger partial charge in [0.2, 0.25) is 10.0 Å². The molecule has 1 saturated heterocycles. The van der Waals surface area contributed by atoms with E-state index in [4.69, 9.17) is 9.47 Å². The molecule has 0 bridgehead atoms. The number of piperidine rings is 1. The summed E-state index contributed by atoms with van der Waals surface area (Å²) in [5.41, 5.74) is 1.83. The van der Waals surface area contributed by atoms with Crippen LogP contribution in [0.2, 0.25) is 0 Å². The van der Waals surface area contributed by atoms with E-state index >= 15 is 0 Å². The maximum Gasteiger partial charge on any atom is 0.415 e. The first-order chi connectivity index (χ1) is 14.8. The second-order valence-corrected chi connectivity index (χ2v) is 10.2. The molecule has 2 aromatic carbocycles. The monoisotopic (exact) mass is 444 g/mol. The molecule has 166 valence electrons. The van der Waals surface area contributed by atoms with Crippen LogP contribution in [0.3, 0.4) is 0 Å². The summed E-state index contributed by atoms with van der Waals surface area (Å²) in [5.74, 6) is 0.643.